The summed E-state index contributed by atoms with van der Waals surface area (Å²) in [6.45, 7) is 5.94. The molecule has 1 aliphatic heterocycles. The summed E-state index contributed by atoms with van der Waals surface area (Å²) in [5.41, 5.74) is 2.92. The van der Waals surface area contributed by atoms with Gasteiger partial charge in [-0.2, -0.15) is 4.98 Å². The van der Waals surface area contributed by atoms with E-state index < -0.39 is 11.9 Å². The lowest BCUT2D eigenvalue weighted by atomic mass is 9.94. The Kier molecular flexibility index (Phi) is 6.08. The van der Waals surface area contributed by atoms with Crippen molar-refractivity contribution in [1.82, 2.24) is 15.5 Å². The summed E-state index contributed by atoms with van der Waals surface area (Å²) < 4.78 is 25.6. The number of ether oxygens (including phenoxy) is 1. The third-order valence-electron chi connectivity index (χ3n) is 5.82. The largest absolute Gasteiger partial charge is 0.494 e. The van der Waals surface area contributed by atoms with Gasteiger partial charge in [0.15, 0.2) is 0 Å². The Balaban J connectivity index is 1.63. The fraction of sp³-hybridized carbons (Fsp3) is 0.192. The lowest BCUT2D eigenvalue weighted by Gasteiger charge is -2.35. The molecule has 1 N–H and O–H groups in total. The molecule has 2 aromatic heterocycles. The molecule has 2 aromatic carbocycles. The van der Waals surface area contributed by atoms with E-state index in [9.17, 15) is 9.18 Å². The zero-order valence-electron chi connectivity index (χ0n) is 19.4. The minimum atomic E-state index is -0.554. The second-order valence-corrected chi connectivity index (χ2v) is 9.00. The van der Waals surface area contributed by atoms with Crippen LogP contribution >= 0.6 is 11.3 Å². The predicted molar refractivity (Wildman–Crippen MR) is 133 cm³/mol. The Morgan fingerprint density at radius 3 is 2.66 bits per heavy atom. The maximum Gasteiger partial charge on any atom is 0.327 e. The molecule has 0 saturated heterocycles. The van der Waals surface area contributed by atoms with Gasteiger partial charge in [0.05, 0.1) is 28.8 Å². The summed E-state index contributed by atoms with van der Waals surface area (Å²) >= 11 is 1.50. The van der Waals surface area contributed by atoms with Crippen LogP contribution in [0.15, 0.2) is 70.2 Å². The Hall–Kier alpha value is -3.98. The molecule has 3 heterocycles. The van der Waals surface area contributed by atoms with E-state index in [0.717, 1.165) is 16.2 Å². The van der Waals surface area contributed by atoms with E-state index in [1.54, 1.807) is 26.0 Å². The first-order chi connectivity index (χ1) is 17.0. The molecule has 0 spiro atoms. The summed E-state index contributed by atoms with van der Waals surface area (Å²) in [5.74, 6) is 1.08. The van der Waals surface area contributed by atoms with Gasteiger partial charge >= 0.3 is 6.03 Å². The molecule has 35 heavy (non-hydrogen) atoms. The number of allylic oxidation sites excluding steroid dienone is 1. The van der Waals surface area contributed by atoms with E-state index in [1.807, 2.05) is 48.7 Å². The van der Waals surface area contributed by atoms with Crippen molar-refractivity contribution < 1.29 is 18.4 Å². The summed E-state index contributed by atoms with van der Waals surface area (Å²) in [6, 6.07) is 15.1. The third kappa shape index (κ3) is 4.30. The smallest absolute Gasteiger partial charge is 0.327 e. The average Bonchev–Trinajstić information content (AvgIpc) is 3.54. The van der Waals surface area contributed by atoms with Crippen LogP contribution in [-0.4, -0.2) is 22.8 Å². The fourth-order valence-corrected chi connectivity index (χ4v) is 4.71. The summed E-state index contributed by atoms with van der Waals surface area (Å²) in [5, 5.41) is 9.12. The minimum absolute atomic E-state index is 0.280. The van der Waals surface area contributed by atoms with Gasteiger partial charge in [0.25, 0.3) is 5.89 Å². The number of thiophene rings is 1. The van der Waals surface area contributed by atoms with Crippen LogP contribution in [0.25, 0.3) is 16.3 Å². The number of urea groups is 1. The Morgan fingerprint density at radius 1 is 1.17 bits per heavy atom. The van der Waals surface area contributed by atoms with Crippen molar-refractivity contribution in [2.45, 2.75) is 26.8 Å². The van der Waals surface area contributed by atoms with Gasteiger partial charge in [-0.25, -0.2) is 9.18 Å². The first kappa shape index (κ1) is 22.8. The van der Waals surface area contributed by atoms with Crippen LogP contribution < -0.4 is 15.0 Å². The highest BCUT2D eigenvalue weighted by Gasteiger charge is 2.36. The number of aromatic nitrogens is 2. The minimum Gasteiger partial charge on any atom is -0.494 e. The average molecular weight is 491 g/mol. The summed E-state index contributed by atoms with van der Waals surface area (Å²) in [4.78, 5) is 20.2. The molecule has 4 aromatic rings. The SMILES string of the molecule is CCOc1ccc(C2NC(=O)N(c3ccc(C)c(F)c3)C(C)=C2c2nc(-c3cccs3)no2)cc1. The number of nitrogens with one attached hydrogen (secondary N) is 1. The number of benzene rings is 2. The maximum atomic E-state index is 14.4. The number of hydrogen-bond acceptors (Lipinski definition) is 6. The second kappa shape index (κ2) is 9.34. The van der Waals surface area contributed by atoms with Gasteiger partial charge in [0.1, 0.15) is 11.6 Å². The molecule has 2 amide bonds. The number of nitrogens with zero attached hydrogens (tertiary/aromatic N) is 3. The number of carbonyl (C=O) groups excluding carboxylic acids is 1. The van der Waals surface area contributed by atoms with Gasteiger partial charge in [-0.1, -0.05) is 29.4 Å². The van der Waals surface area contributed by atoms with Crippen molar-refractivity contribution in [1.29, 1.82) is 0 Å². The van der Waals surface area contributed by atoms with Crippen molar-refractivity contribution >= 4 is 28.6 Å². The molecule has 0 fully saturated rings. The van der Waals surface area contributed by atoms with Crippen molar-refractivity contribution in [3.8, 4) is 16.5 Å². The quantitative estimate of drug-likeness (QED) is 0.341. The topological polar surface area (TPSA) is 80.5 Å². The highest BCUT2D eigenvalue weighted by atomic mass is 32.1. The molecule has 1 aliphatic rings. The number of halogens is 1. The predicted octanol–water partition coefficient (Wildman–Crippen LogP) is 6.35. The highest BCUT2D eigenvalue weighted by Crippen LogP contribution is 2.40. The number of carbonyl (C=O) groups is 1. The van der Waals surface area contributed by atoms with Crippen molar-refractivity contribution in [2.24, 2.45) is 0 Å². The van der Waals surface area contributed by atoms with E-state index in [4.69, 9.17) is 9.26 Å². The van der Waals surface area contributed by atoms with E-state index >= 15 is 0 Å². The summed E-state index contributed by atoms with van der Waals surface area (Å²) in [6.07, 6.45) is 0. The van der Waals surface area contributed by atoms with Crippen LogP contribution in [-0.2, 0) is 0 Å². The van der Waals surface area contributed by atoms with Crippen LogP contribution in [0.5, 0.6) is 5.75 Å². The van der Waals surface area contributed by atoms with Crippen LogP contribution in [0, 0.1) is 12.7 Å². The number of anilines is 1. The molecule has 5 rings (SSSR count). The Morgan fingerprint density at radius 2 is 1.97 bits per heavy atom. The van der Waals surface area contributed by atoms with Crippen LogP contribution in [0.2, 0.25) is 0 Å². The maximum absolute atomic E-state index is 14.4. The van der Waals surface area contributed by atoms with E-state index in [2.05, 4.69) is 15.5 Å². The standard InChI is InChI=1S/C26H23FN4O3S/c1-4-33-19-11-8-17(9-12-19)23-22(25-29-24(30-34-25)21-6-5-13-35-21)16(3)31(26(32)28-23)18-10-7-15(2)20(27)14-18/h5-14,23H,4H2,1-3H3,(H,28,32). The van der Waals surface area contributed by atoms with Crippen molar-refractivity contribution in [3.05, 3.63) is 88.5 Å². The van der Waals surface area contributed by atoms with Gasteiger partial charge in [-0.15, -0.1) is 11.3 Å². The molecule has 0 saturated carbocycles. The normalized spacial score (nSPS) is 15.9. The first-order valence-corrected chi connectivity index (χ1v) is 12.0. The highest BCUT2D eigenvalue weighted by molar-refractivity contribution is 7.13. The van der Waals surface area contributed by atoms with Crippen LogP contribution in [0.4, 0.5) is 14.9 Å². The second-order valence-electron chi connectivity index (χ2n) is 8.05. The van der Waals surface area contributed by atoms with Gasteiger partial charge in [-0.05, 0) is 67.6 Å². The molecule has 178 valence electrons. The third-order valence-corrected chi connectivity index (χ3v) is 6.69. The summed E-state index contributed by atoms with van der Waals surface area (Å²) in [7, 11) is 0. The molecular weight excluding hydrogens is 467 g/mol. The van der Waals surface area contributed by atoms with Crippen molar-refractivity contribution in [3.63, 3.8) is 0 Å². The van der Waals surface area contributed by atoms with E-state index in [1.165, 1.54) is 22.3 Å². The molecule has 9 heteroatoms. The zero-order valence-corrected chi connectivity index (χ0v) is 20.2. The van der Waals surface area contributed by atoms with Gasteiger partial charge in [-0.3, -0.25) is 4.90 Å². The number of amides is 2. The Bertz CT molecular complexity index is 1400. The lowest BCUT2D eigenvalue weighted by Crippen LogP contribution is -2.46. The van der Waals surface area contributed by atoms with Gasteiger partial charge in [0, 0.05) is 5.70 Å². The first-order valence-electron chi connectivity index (χ1n) is 11.1. The van der Waals surface area contributed by atoms with Crippen LogP contribution in [0.1, 0.15) is 36.9 Å². The number of aryl methyl sites for hydroxylation is 1. The van der Waals surface area contributed by atoms with E-state index in [-0.39, 0.29) is 11.9 Å². The zero-order chi connectivity index (χ0) is 24.5. The molecule has 0 radical (unpaired) electrons. The lowest BCUT2D eigenvalue weighted by molar-refractivity contribution is 0.244. The molecule has 0 bridgehead atoms. The molecule has 7 nitrogen and oxygen atoms in total. The van der Waals surface area contributed by atoms with Gasteiger partial charge in [0.2, 0.25) is 5.82 Å². The number of rotatable bonds is 6. The van der Waals surface area contributed by atoms with Gasteiger partial charge < -0.3 is 14.6 Å². The number of hydrogen-bond donors (Lipinski definition) is 1. The Labute approximate surface area is 205 Å². The monoisotopic (exact) mass is 490 g/mol. The van der Waals surface area contributed by atoms with Crippen LogP contribution in [0.3, 0.4) is 0 Å². The molecule has 1 unspecified atom stereocenters. The molecular formula is C26H23FN4O3S. The van der Waals surface area contributed by atoms with E-state index in [0.29, 0.717) is 35.0 Å². The van der Waals surface area contributed by atoms with Crippen molar-refractivity contribution in [2.75, 3.05) is 11.5 Å². The molecule has 0 aliphatic carbocycles. The molecule has 1 atom stereocenters. The fourth-order valence-electron chi connectivity index (χ4n) is 4.06.